The van der Waals surface area contributed by atoms with Gasteiger partial charge >= 0.3 is 0 Å². The number of benzene rings is 1. The predicted molar refractivity (Wildman–Crippen MR) is 83.9 cm³/mol. The SMILES string of the molecule is OCCCN(Cc1ccccn1)[C@@H]1CCc2ccccc21. The fraction of sp³-hybridized carbons (Fsp3) is 0.389. The summed E-state index contributed by atoms with van der Waals surface area (Å²) in [6, 6.07) is 15.3. The summed E-state index contributed by atoms with van der Waals surface area (Å²) in [6.07, 6.45) is 4.98. The maximum Gasteiger partial charge on any atom is 0.0544 e. The Kier molecular flexibility index (Phi) is 4.63. The van der Waals surface area contributed by atoms with Crippen molar-refractivity contribution in [3.8, 4) is 0 Å². The minimum absolute atomic E-state index is 0.243. The van der Waals surface area contributed by atoms with Crippen LogP contribution in [0.15, 0.2) is 48.7 Å². The van der Waals surface area contributed by atoms with Crippen molar-refractivity contribution in [2.24, 2.45) is 0 Å². The lowest BCUT2D eigenvalue weighted by molar-refractivity contribution is 0.164. The topological polar surface area (TPSA) is 36.4 Å². The maximum atomic E-state index is 9.18. The van der Waals surface area contributed by atoms with Crippen molar-refractivity contribution in [1.82, 2.24) is 9.88 Å². The number of aliphatic hydroxyl groups excluding tert-OH is 1. The van der Waals surface area contributed by atoms with E-state index in [1.54, 1.807) is 0 Å². The van der Waals surface area contributed by atoms with E-state index in [9.17, 15) is 5.11 Å². The van der Waals surface area contributed by atoms with Gasteiger partial charge in [0.1, 0.15) is 0 Å². The van der Waals surface area contributed by atoms with E-state index in [-0.39, 0.29) is 6.61 Å². The average molecular weight is 282 g/mol. The molecule has 0 spiro atoms. The van der Waals surface area contributed by atoms with Gasteiger partial charge in [-0.2, -0.15) is 0 Å². The summed E-state index contributed by atoms with van der Waals surface area (Å²) in [4.78, 5) is 6.91. The van der Waals surface area contributed by atoms with Gasteiger partial charge in [0.15, 0.2) is 0 Å². The number of aryl methyl sites for hydroxylation is 1. The van der Waals surface area contributed by atoms with Gasteiger partial charge < -0.3 is 5.11 Å². The number of aliphatic hydroxyl groups is 1. The van der Waals surface area contributed by atoms with Gasteiger partial charge in [-0.25, -0.2) is 0 Å². The van der Waals surface area contributed by atoms with Crippen molar-refractivity contribution in [3.05, 3.63) is 65.5 Å². The molecule has 0 fully saturated rings. The molecule has 1 heterocycles. The third kappa shape index (κ3) is 3.31. The molecule has 0 saturated carbocycles. The summed E-state index contributed by atoms with van der Waals surface area (Å²) in [6.45, 7) is 2.00. The Morgan fingerprint density at radius 1 is 1.14 bits per heavy atom. The molecule has 0 unspecified atom stereocenters. The largest absolute Gasteiger partial charge is 0.396 e. The Morgan fingerprint density at radius 2 is 2.00 bits per heavy atom. The molecule has 1 atom stereocenters. The summed E-state index contributed by atoms with van der Waals surface area (Å²) >= 11 is 0. The molecule has 0 aliphatic heterocycles. The van der Waals surface area contributed by atoms with Crippen molar-refractivity contribution in [1.29, 1.82) is 0 Å². The van der Waals surface area contributed by atoms with Gasteiger partial charge in [0, 0.05) is 31.9 Å². The number of nitrogens with zero attached hydrogens (tertiary/aromatic N) is 2. The first-order valence-electron chi connectivity index (χ1n) is 7.71. The first-order valence-corrected chi connectivity index (χ1v) is 7.71. The summed E-state index contributed by atoms with van der Waals surface area (Å²) in [5.41, 5.74) is 4.02. The number of hydrogen-bond acceptors (Lipinski definition) is 3. The van der Waals surface area contributed by atoms with Gasteiger partial charge in [0.25, 0.3) is 0 Å². The van der Waals surface area contributed by atoms with Crippen LogP contribution in [0.3, 0.4) is 0 Å². The van der Waals surface area contributed by atoms with Crippen LogP contribution in [0, 0.1) is 0 Å². The highest BCUT2D eigenvalue weighted by molar-refractivity contribution is 5.34. The molecular formula is C18H22N2O. The molecule has 1 N–H and O–H groups in total. The van der Waals surface area contributed by atoms with E-state index in [4.69, 9.17) is 0 Å². The third-order valence-corrected chi connectivity index (χ3v) is 4.24. The lowest BCUT2D eigenvalue weighted by atomic mass is 10.1. The zero-order chi connectivity index (χ0) is 14.5. The quantitative estimate of drug-likeness (QED) is 0.885. The van der Waals surface area contributed by atoms with E-state index in [2.05, 4.69) is 40.2 Å². The lowest BCUT2D eigenvalue weighted by Gasteiger charge is -2.29. The Morgan fingerprint density at radius 3 is 2.81 bits per heavy atom. The van der Waals surface area contributed by atoms with Crippen LogP contribution in [0.5, 0.6) is 0 Å². The van der Waals surface area contributed by atoms with Gasteiger partial charge in [-0.3, -0.25) is 9.88 Å². The molecule has 3 rings (SSSR count). The zero-order valence-electron chi connectivity index (χ0n) is 12.3. The zero-order valence-corrected chi connectivity index (χ0v) is 12.3. The lowest BCUT2D eigenvalue weighted by Crippen LogP contribution is -2.29. The van der Waals surface area contributed by atoms with Crippen molar-refractivity contribution in [2.45, 2.75) is 31.8 Å². The van der Waals surface area contributed by atoms with E-state index in [0.717, 1.165) is 38.0 Å². The molecule has 0 radical (unpaired) electrons. The number of fused-ring (bicyclic) bond motifs is 1. The minimum atomic E-state index is 0.243. The van der Waals surface area contributed by atoms with Crippen LogP contribution in [0.4, 0.5) is 0 Å². The smallest absolute Gasteiger partial charge is 0.0544 e. The Balaban J connectivity index is 1.80. The van der Waals surface area contributed by atoms with Gasteiger partial charge in [-0.05, 0) is 42.5 Å². The number of rotatable bonds is 6. The summed E-state index contributed by atoms with van der Waals surface area (Å²) in [5.74, 6) is 0. The summed E-state index contributed by atoms with van der Waals surface area (Å²) in [5, 5.41) is 9.18. The standard InChI is InChI=1S/C18H22N2O/c21-13-5-12-20(14-16-7-3-4-11-19-16)18-10-9-15-6-1-2-8-17(15)18/h1-4,6-8,11,18,21H,5,9-10,12-14H2/t18-/m1/s1. The minimum Gasteiger partial charge on any atom is -0.396 e. The van der Waals surface area contributed by atoms with Crippen LogP contribution in [-0.4, -0.2) is 28.1 Å². The number of pyridine rings is 1. The molecule has 3 nitrogen and oxygen atoms in total. The molecule has 3 heteroatoms. The van der Waals surface area contributed by atoms with Gasteiger partial charge in [0.2, 0.25) is 0 Å². The molecule has 1 aromatic heterocycles. The van der Waals surface area contributed by atoms with E-state index in [1.807, 2.05) is 18.3 Å². The van der Waals surface area contributed by atoms with Crippen LogP contribution in [0.1, 0.15) is 35.7 Å². The molecule has 0 bridgehead atoms. The highest BCUT2D eigenvalue weighted by Gasteiger charge is 2.27. The normalized spacial score (nSPS) is 17.1. The van der Waals surface area contributed by atoms with Crippen molar-refractivity contribution >= 4 is 0 Å². The molecule has 110 valence electrons. The van der Waals surface area contributed by atoms with E-state index >= 15 is 0 Å². The Bertz CT molecular complexity index is 570. The Hall–Kier alpha value is -1.71. The fourth-order valence-corrected chi connectivity index (χ4v) is 3.23. The third-order valence-electron chi connectivity index (χ3n) is 4.24. The van der Waals surface area contributed by atoms with Crippen LogP contribution in [-0.2, 0) is 13.0 Å². The molecule has 1 aliphatic rings. The predicted octanol–water partition coefficient (Wildman–Crippen LogP) is 2.95. The molecule has 1 aliphatic carbocycles. The van der Waals surface area contributed by atoms with Crippen molar-refractivity contribution in [2.75, 3.05) is 13.2 Å². The first kappa shape index (κ1) is 14.2. The van der Waals surface area contributed by atoms with E-state index in [1.165, 1.54) is 11.1 Å². The fourth-order valence-electron chi connectivity index (χ4n) is 3.23. The van der Waals surface area contributed by atoms with Crippen molar-refractivity contribution in [3.63, 3.8) is 0 Å². The number of aromatic nitrogens is 1. The van der Waals surface area contributed by atoms with Crippen LogP contribution in [0.2, 0.25) is 0 Å². The van der Waals surface area contributed by atoms with E-state index < -0.39 is 0 Å². The molecule has 2 aromatic rings. The first-order chi connectivity index (χ1) is 10.4. The highest BCUT2D eigenvalue weighted by Crippen LogP contribution is 2.36. The molecule has 0 amide bonds. The van der Waals surface area contributed by atoms with Crippen LogP contribution >= 0.6 is 0 Å². The van der Waals surface area contributed by atoms with E-state index in [0.29, 0.717) is 6.04 Å². The Labute approximate surface area is 126 Å². The second-order valence-electron chi connectivity index (χ2n) is 5.62. The summed E-state index contributed by atoms with van der Waals surface area (Å²) in [7, 11) is 0. The molecule has 1 aromatic carbocycles. The monoisotopic (exact) mass is 282 g/mol. The second-order valence-corrected chi connectivity index (χ2v) is 5.62. The second kappa shape index (κ2) is 6.83. The maximum absolute atomic E-state index is 9.18. The van der Waals surface area contributed by atoms with Gasteiger partial charge in [-0.1, -0.05) is 30.3 Å². The molecule has 21 heavy (non-hydrogen) atoms. The van der Waals surface area contributed by atoms with Crippen LogP contribution in [0.25, 0.3) is 0 Å². The highest BCUT2D eigenvalue weighted by atomic mass is 16.3. The number of hydrogen-bond donors (Lipinski definition) is 1. The average Bonchev–Trinajstić information content (AvgIpc) is 2.96. The van der Waals surface area contributed by atoms with Crippen LogP contribution < -0.4 is 0 Å². The van der Waals surface area contributed by atoms with Gasteiger partial charge in [-0.15, -0.1) is 0 Å². The molecular weight excluding hydrogens is 260 g/mol. The molecule has 0 saturated heterocycles. The summed E-state index contributed by atoms with van der Waals surface area (Å²) < 4.78 is 0. The van der Waals surface area contributed by atoms with Crippen molar-refractivity contribution < 1.29 is 5.11 Å². The van der Waals surface area contributed by atoms with Gasteiger partial charge in [0.05, 0.1) is 5.69 Å².